The zero-order chi connectivity index (χ0) is 31.0. The van der Waals surface area contributed by atoms with Gasteiger partial charge in [0.1, 0.15) is 12.3 Å². The van der Waals surface area contributed by atoms with Crippen molar-refractivity contribution in [3.05, 3.63) is 12.7 Å². The van der Waals surface area contributed by atoms with Gasteiger partial charge in [-0.3, -0.25) is 15.0 Å². The van der Waals surface area contributed by atoms with Crippen LogP contribution in [0.1, 0.15) is 58.8 Å². The van der Waals surface area contributed by atoms with E-state index < -0.39 is 36.6 Å². The number of piperidine rings is 2. The topological polar surface area (TPSA) is 98.4 Å². The largest absolute Gasteiger partial charge is 0.378 e. The minimum Gasteiger partial charge on any atom is -0.378 e. The standard InChI is InChI=1S/C32H52F2N6O4/c1-4-25(41)38-12-14-39(15-13-38)30-20-18-22(34)28-26-21(33)8-7-9-23(26)43-16-5-6-17-44-24-10-11-35-27(19(2)3)29(24)40(31(20)36-28)32(42)37-30/h4,19-24,26-31,35-36H,1,5-18H2,2-3H3,(H,37,42). The molecule has 0 spiro atoms. The lowest BCUT2D eigenvalue weighted by Crippen LogP contribution is -2.80. The number of ether oxygens (including phenoxy) is 2. The predicted octanol–water partition coefficient (Wildman–Crippen LogP) is 2.40. The van der Waals surface area contributed by atoms with Gasteiger partial charge in [0.05, 0.1) is 30.6 Å². The number of urea groups is 1. The van der Waals surface area contributed by atoms with Crippen LogP contribution < -0.4 is 16.0 Å². The Hall–Kier alpha value is -1.86. The Kier molecular flexibility index (Phi) is 10.1. The highest BCUT2D eigenvalue weighted by molar-refractivity contribution is 5.87. The van der Waals surface area contributed by atoms with Crippen LogP contribution in [0.2, 0.25) is 0 Å². The first kappa shape index (κ1) is 32.1. The number of carbonyl (C=O) groups excluding carboxylic acids is 2. The van der Waals surface area contributed by atoms with Crippen molar-refractivity contribution < 1.29 is 27.8 Å². The summed E-state index contributed by atoms with van der Waals surface area (Å²) in [6, 6.07) is -1.26. The van der Waals surface area contributed by atoms with Crippen LogP contribution in [0.5, 0.6) is 0 Å². The molecular formula is C32H52F2N6O4. The van der Waals surface area contributed by atoms with E-state index in [0.717, 1.165) is 32.2 Å². The van der Waals surface area contributed by atoms with Gasteiger partial charge in [0.15, 0.2) is 0 Å². The van der Waals surface area contributed by atoms with Gasteiger partial charge in [-0.15, -0.1) is 0 Å². The summed E-state index contributed by atoms with van der Waals surface area (Å²) in [5.41, 5.74) is 0. The molecule has 11 unspecified atom stereocenters. The summed E-state index contributed by atoms with van der Waals surface area (Å²) in [4.78, 5) is 32.4. The van der Waals surface area contributed by atoms with Gasteiger partial charge < -0.3 is 29.9 Å². The third-order valence-electron chi connectivity index (χ3n) is 11.1. The Morgan fingerprint density at radius 3 is 2.41 bits per heavy atom. The summed E-state index contributed by atoms with van der Waals surface area (Å²) < 4.78 is 45.1. The number of fused-ring (bicyclic) bond motifs is 5. The van der Waals surface area contributed by atoms with Crippen molar-refractivity contribution >= 4 is 11.9 Å². The lowest BCUT2D eigenvalue weighted by Gasteiger charge is -2.59. The van der Waals surface area contributed by atoms with Gasteiger partial charge in [-0.2, -0.15) is 0 Å². The molecule has 6 fully saturated rings. The number of nitrogens with zero attached hydrogens (tertiary/aromatic N) is 3. The summed E-state index contributed by atoms with van der Waals surface area (Å²) in [6.45, 7) is 11.9. The average molecular weight is 623 g/mol. The lowest BCUT2D eigenvalue weighted by molar-refractivity contribution is -0.134. The first-order valence-corrected chi connectivity index (χ1v) is 17.0. The summed E-state index contributed by atoms with van der Waals surface area (Å²) >= 11 is 0. The van der Waals surface area contributed by atoms with Crippen molar-refractivity contribution in [1.82, 2.24) is 30.7 Å². The number of alkyl halides is 2. The number of piperazine rings is 1. The van der Waals surface area contributed by atoms with E-state index >= 15 is 8.78 Å². The van der Waals surface area contributed by atoms with E-state index in [4.69, 9.17) is 9.47 Å². The van der Waals surface area contributed by atoms with Crippen LogP contribution in [0.15, 0.2) is 12.7 Å². The molecule has 0 radical (unpaired) electrons. The molecule has 5 aliphatic heterocycles. The maximum absolute atomic E-state index is 16.5. The summed E-state index contributed by atoms with van der Waals surface area (Å²) in [6.07, 6.45) is 1.82. The van der Waals surface area contributed by atoms with Gasteiger partial charge in [-0.05, 0) is 63.5 Å². The Morgan fingerprint density at radius 1 is 0.977 bits per heavy atom. The molecule has 12 heteroatoms. The van der Waals surface area contributed by atoms with Crippen LogP contribution in [0, 0.1) is 17.8 Å². The van der Waals surface area contributed by atoms with E-state index in [0.29, 0.717) is 52.2 Å². The molecule has 2 bridgehead atoms. The molecule has 10 nitrogen and oxygen atoms in total. The van der Waals surface area contributed by atoms with Crippen molar-refractivity contribution in [2.24, 2.45) is 17.8 Å². The molecule has 1 saturated carbocycles. The van der Waals surface area contributed by atoms with Crippen LogP contribution in [0.3, 0.4) is 0 Å². The Labute approximate surface area is 260 Å². The molecule has 3 N–H and O–H groups in total. The zero-order valence-electron chi connectivity index (χ0n) is 26.3. The quantitative estimate of drug-likeness (QED) is 0.416. The van der Waals surface area contributed by atoms with Crippen LogP contribution in [-0.4, -0.2) is 128 Å². The Morgan fingerprint density at radius 2 is 1.70 bits per heavy atom. The summed E-state index contributed by atoms with van der Waals surface area (Å²) in [7, 11) is 0. The van der Waals surface area contributed by atoms with Gasteiger partial charge in [0, 0.05) is 63.3 Å². The molecule has 11 atom stereocenters. The number of amides is 3. The van der Waals surface area contributed by atoms with Crippen molar-refractivity contribution in [2.75, 3.05) is 45.9 Å². The number of nitrogens with one attached hydrogen (secondary N) is 3. The molecular weight excluding hydrogens is 570 g/mol. The first-order chi connectivity index (χ1) is 21.3. The molecule has 248 valence electrons. The van der Waals surface area contributed by atoms with Crippen LogP contribution in [0.4, 0.5) is 13.6 Å². The SMILES string of the molecule is C=CC(=O)N1CCN(C2NC(=O)N3C4NC(C(F)CC24)C2C(F)CCCC2OCCCCOC2CCNC(C(C)C)C23)CC1. The fraction of sp³-hybridized carbons (Fsp3) is 0.875. The predicted molar refractivity (Wildman–Crippen MR) is 162 cm³/mol. The highest BCUT2D eigenvalue weighted by Gasteiger charge is 2.57. The van der Waals surface area contributed by atoms with Gasteiger partial charge in [0.2, 0.25) is 5.91 Å². The maximum atomic E-state index is 16.5. The molecule has 6 aliphatic rings. The number of carbonyl (C=O) groups is 2. The highest BCUT2D eigenvalue weighted by Crippen LogP contribution is 2.42. The number of halogens is 2. The average Bonchev–Trinajstić information content (AvgIpc) is 3.02. The van der Waals surface area contributed by atoms with Gasteiger partial charge in [0.25, 0.3) is 0 Å². The summed E-state index contributed by atoms with van der Waals surface area (Å²) in [5, 5.41) is 10.5. The first-order valence-electron chi connectivity index (χ1n) is 17.0. The van der Waals surface area contributed by atoms with Gasteiger partial charge in [-0.25, -0.2) is 13.6 Å². The third kappa shape index (κ3) is 6.26. The van der Waals surface area contributed by atoms with Crippen molar-refractivity contribution in [1.29, 1.82) is 0 Å². The second kappa shape index (κ2) is 13.9. The molecule has 1 aliphatic carbocycles. The van der Waals surface area contributed by atoms with Gasteiger partial charge >= 0.3 is 6.03 Å². The van der Waals surface area contributed by atoms with Crippen LogP contribution in [-0.2, 0) is 14.3 Å². The second-order valence-electron chi connectivity index (χ2n) is 14.0. The molecule has 0 aromatic rings. The zero-order valence-corrected chi connectivity index (χ0v) is 26.3. The Balaban J connectivity index is 1.36. The monoisotopic (exact) mass is 622 g/mol. The van der Waals surface area contributed by atoms with Crippen molar-refractivity contribution in [3.8, 4) is 0 Å². The second-order valence-corrected chi connectivity index (χ2v) is 14.0. The fourth-order valence-corrected chi connectivity index (χ4v) is 8.90. The van der Waals surface area contributed by atoms with Gasteiger partial charge in [-0.1, -0.05) is 20.4 Å². The molecule has 44 heavy (non-hydrogen) atoms. The minimum absolute atomic E-state index is 0.0129. The van der Waals surface area contributed by atoms with E-state index in [1.807, 2.05) is 4.90 Å². The number of hydrogen-bond acceptors (Lipinski definition) is 7. The molecule has 0 aromatic heterocycles. The normalized spacial score (nSPS) is 42.5. The molecule has 6 rings (SSSR count). The van der Waals surface area contributed by atoms with Crippen molar-refractivity contribution in [3.63, 3.8) is 0 Å². The number of rotatable bonds is 3. The van der Waals surface area contributed by atoms with Crippen LogP contribution >= 0.6 is 0 Å². The fourth-order valence-electron chi connectivity index (χ4n) is 8.90. The molecule has 5 saturated heterocycles. The van der Waals surface area contributed by atoms with E-state index in [1.165, 1.54) is 6.08 Å². The smallest absolute Gasteiger partial charge is 0.320 e. The lowest BCUT2D eigenvalue weighted by atomic mass is 9.73. The van der Waals surface area contributed by atoms with E-state index in [2.05, 4.69) is 41.3 Å². The van der Waals surface area contributed by atoms with E-state index in [9.17, 15) is 9.59 Å². The molecule has 0 aromatic carbocycles. The van der Waals surface area contributed by atoms with Crippen LogP contribution in [0.25, 0.3) is 0 Å². The highest BCUT2D eigenvalue weighted by atomic mass is 19.1. The molecule has 5 heterocycles. The van der Waals surface area contributed by atoms with E-state index in [-0.39, 0.29) is 54.5 Å². The summed E-state index contributed by atoms with van der Waals surface area (Å²) in [5.74, 6) is -0.783. The van der Waals surface area contributed by atoms with E-state index in [1.54, 1.807) is 4.90 Å². The van der Waals surface area contributed by atoms with Crippen molar-refractivity contribution in [2.45, 2.75) is 114 Å². The molecule has 3 amide bonds. The Bertz CT molecular complexity index is 1030. The number of hydrogen-bond donors (Lipinski definition) is 3. The third-order valence-corrected chi connectivity index (χ3v) is 11.1. The minimum atomic E-state index is -1.29. The maximum Gasteiger partial charge on any atom is 0.320 e.